The third-order valence-electron chi connectivity index (χ3n) is 2.32. The third kappa shape index (κ3) is 3.42. The van der Waals surface area contributed by atoms with Gasteiger partial charge in [0.2, 0.25) is 0 Å². The van der Waals surface area contributed by atoms with Crippen LogP contribution < -0.4 is 10.9 Å². The molecule has 0 saturated carbocycles. The highest BCUT2D eigenvalue weighted by atomic mass is 16.4. The van der Waals surface area contributed by atoms with Gasteiger partial charge in [0.05, 0.1) is 0 Å². The molecule has 1 aromatic rings. The largest absolute Gasteiger partial charge is 0.480 e. The SMILES string of the molecule is Cc1ccc(C(=O)N[C@@H](CCO)C(=O)O)c(=O)[nH]1. The monoisotopic (exact) mass is 254 g/mol. The molecule has 1 aromatic heterocycles. The van der Waals surface area contributed by atoms with Crippen molar-refractivity contribution in [1.29, 1.82) is 0 Å². The second-order valence-corrected chi connectivity index (χ2v) is 3.76. The Morgan fingerprint density at radius 2 is 2.11 bits per heavy atom. The van der Waals surface area contributed by atoms with Gasteiger partial charge in [0.25, 0.3) is 11.5 Å². The first kappa shape index (κ1) is 13.9. The van der Waals surface area contributed by atoms with E-state index >= 15 is 0 Å². The number of aryl methyl sites for hydroxylation is 1. The fourth-order valence-corrected chi connectivity index (χ4v) is 1.37. The average molecular weight is 254 g/mol. The molecule has 1 heterocycles. The van der Waals surface area contributed by atoms with Gasteiger partial charge >= 0.3 is 5.97 Å². The van der Waals surface area contributed by atoms with Crippen molar-refractivity contribution in [3.63, 3.8) is 0 Å². The van der Waals surface area contributed by atoms with E-state index in [1.165, 1.54) is 12.1 Å². The molecule has 0 aromatic carbocycles. The number of H-pyrrole nitrogens is 1. The van der Waals surface area contributed by atoms with Crippen LogP contribution in [0.15, 0.2) is 16.9 Å². The Hall–Kier alpha value is -2.15. The molecule has 7 nitrogen and oxygen atoms in total. The van der Waals surface area contributed by atoms with Gasteiger partial charge in [0.1, 0.15) is 11.6 Å². The van der Waals surface area contributed by atoms with Crippen LogP contribution in [-0.4, -0.2) is 39.7 Å². The zero-order valence-electron chi connectivity index (χ0n) is 9.77. The summed E-state index contributed by atoms with van der Waals surface area (Å²) < 4.78 is 0. The summed E-state index contributed by atoms with van der Waals surface area (Å²) in [7, 11) is 0. The van der Waals surface area contributed by atoms with Crippen molar-refractivity contribution < 1.29 is 19.8 Å². The van der Waals surface area contributed by atoms with Crippen LogP contribution in [0.3, 0.4) is 0 Å². The summed E-state index contributed by atoms with van der Waals surface area (Å²) in [5.41, 5.74) is -0.146. The van der Waals surface area contributed by atoms with E-state index in [0.29, 0.717) is 5.69 Å². The minimum Gasteiger partial charge on any atom is -0.480 e. The summed E-state index contributed by atoms with van der Waals surface area (Å²) in [6, 6.07) is 1.64. The van der Waals surface area contributed by atoms with Crippen LogP contribution >= 0.6 is 0 Å². The number of carboxylic acid groups (broad SMARTS) is 1. The lowest BCUT2D eigenvalue weighted by Gasteiger charge is -2.12. The zero-order chi connectivity index (χ0) is 13.7. The van der Waals surface area contributed by atoms with Gasteiger partial charge in [0.15, 0.2) is 0 Å². The van der Waals surface area contributed by atoms with Crippen molar-refractivity contribution in [2.75, 3.05) is 6.61 Å². The summed E-state index contributed by atoms with van der Waals surface area (Å²) >= 11 is 0. The predicted molar refractivity (Wildman–Crippen MR) is 62.4 cm³/mol. The Morgan fingerprint density at radius 1 is 1.44 bits per heavy atom. The Bertz CT molecular complexity index is 508. The molecule has 1 rings (SSSR count). The summed E-state index contributed by atoms with van der Waals surface area (Å²) in [5, 5.41) is 19.7. The van der Waals surface area contributed by atoms with E-state index < -0.39 is 23.5 Å². The molecule has 18 heavy (non-hydrogen) atoms. The minimum atomic E-state index is -1.26. The average Bonchev–Trinajstić information content (AvgIpc) is 2.27. The number of carboxylic acids is 1. The number of nitrogens with one attached hydrogen (secondary N) is 2. The van der Waals surface area contributed by atoms with Gasteiger partial charge in [-0.3, -0.25) is 9.59 Å². The lowest BCUT2D eigenvalue weighted by atomic mass is 10.2. The van der Waals surface area contributed by atoms with Gasteiger partial charge in [-0.25, -0.2) is 4.79 Å². The van der Waals surface area contributed by atoms with Crippen LogP contribution in [0.5, 0.6) is 0 Å². The van der Waals surface area contributed by atoms with Crippen molar-refractivity contribution in [3.8, 4) is 0 Å². The third-order valence-corrected chi connectivity index (χ3v) is 2.32. The second kappa shape index (κ2) is 5.97. The van der Waals surface area contributed by atoms with Gasteiger partial charge in [0, 0.05) is 18.7 Å². The number of aromatic nitrogens is 1. The summed E-state index contributed by atoms with van der Waals surface area (Å²) in [4.78, 5) is 36.4. The summed E-state index contributed by atoms with van der Waals surface area (Å²) in [5.74, 6) is -2.04. The number of rotatable bonds is 5. The van der Waals surface area contributed by atoms with Crippen molar-refractivity contribution in [1.82, 2.24) is 10.3 Å². The number of aromatic amines is 1. The van der Waals surface area contributed by atoms with Crippen LogP contribution in [0.4, 0.5) is 0 Å². The van der Waals surface area contributed by atoms with Gasteiger partial charge in [-0.15, -0.1) is 0 Å². The van der Waals surface area contributed by atoms with Crippen LogP contribution in [-0.2, 0) is 4.79 Å². The molecule has 0 saturated heterocycles. The van der Waals surface area contributed by atoms with Gasteiger partial charge in [-0.2, -0.15) is 0 Å². The molecule has 7 heteroatoms. The molecule has 0 fully saturated rings. The molecule has 1 amide bonds. The van der Waals surface area contributed by atoms with Crippen LogP contribution in [0.2, 0.25) is 0 Å². The number of aliphatic carboxylic acids is 1. The van der Waals surface area contributed by atoms with Crippen molar-refractivity contribution in [2.24, 2.45) is 0 Å². The van der Waals surface area contributed by atoms with Gasteiger partial charge < -0.3 is 20.5 Å². The lowest BCUT2D eigenvalue weighted by Crippen LogP contribution is -2.43. The van der Waals surface area contributed by atoms with Crippen LogP contribution in [0.1, 0.15) is 22.5 Å². The molecule has 0 bridgehead atoms. The van der Waals surface area contributed by atoms with E-state index in [9.17, 15) is 14.4 Å². The maximum absolute atomic E-state index is 11.7. The van der Waals surface area contributed by atoms with E-state index in [2.05, 4.69) is 10.3 Å². The predicted octanol–water partition coefficient (Wildman–Crippen LogP) is -0.751. The van der Waals surface area contributed by atoms with E-state index in [0.717, 1.165) is 0 Å². The van der Waals surface area contributed by atoms with Crippen LogP contribution in [0.25, 0.3) is 0 Å². The molecule has 1 atom stereocenters. The number of amides is 1. The second-order valence-electron chi connectivity index (χ2n) is 3.76. The molecule has 4 N–H and O–H groups in total. The summed E-state index contributed by atoms with van der Waals surface area (Å²) in [6.07, 6.45) is -0.120. The van der Waals surface area contributed by atoms with Crippen molar-refractivity contribution in [3.05, 3.63) is 33.7 Å². The first-order chi connectivity index (χ1) is 8.45. The molecule has 0 aliphatic heterocycles. The molecular formula is C11H14N2O5. The highest BCUT2D eigenvalue weighted by molar-refractivity contribution is 5.96. The first-order valence-electron chi connectivity index (χ1n) is 5.30. The Balaban J connectivity index is 2.87. The topological polar surface area (TPSA) is 119 Å². The number of aliphatic hydroxyl groups excluding tert-OH is 1. The molecule has 0 unspecified atom stereocenters. The molecule has 0 aliphatic rings. The van der Waals surface area contributed by atoms with E-state index in [-0.39, 0.29) is 18.6 Å². The van der Waals surface area contributed by atoms with Crippen LogP contribution in [0, 0.1) is 6.92 Å². The highest BCUT2D eigenvalue weighted by Gasteiger charge is 2.21. The first-order valence-corrected chi connectivity index (χ1v) is 5.30. The maximum Gasteiger partial charge on any atom is 0.326 e. The van der Waals surface area contributed by atoms with E-state index in [1.807, 2.05) is 0 Å². The number of carbonyl (C=O) groups is 2. The van der Waals surface area contributed by atoms with E-state index in [4.69, 9.17) is 10.2 Å². The number of hydrogen-bond acceptors (Lipinski definition) is 4. The molecule has 0 spiro atoms. The fourth-order valence-electron chi connectivity index (χ4n) is 1.37. The molecule has 0 aliphatic carbocycles. The van der Waals surface area contributed by atoms with Gasteiger partial charge in [-0.05, 0) is 19.1 Å². The zero-order valence-corrected chi connectivity index (χ0v) is 9.77. The smallest absolute Gasteiger partial charge is 0.326 e. The molecular weight excluding hydrogens is 240 g/mol. The number of aliphatic hydroxyl groups is 1. The van der Waals surface area contributed by atoms with E-state index in [1.54, 1.807) is 6.92 Å². The fraction of sp³-hybridized carbons (Fsp3) is 0.364. The number of pyridine rings is 1. The number of carbonyl (C=O) groups excluding carboxylic acids is 1. The minimum absolute atomic E-state index is 0.120. The normalized spacial score (nSPS) is 11.9. The number of hydrogen-bond donors (Lipinski definition) is 4. The Morgan fingerprint density at radius 3 is 2.61 bits per heavy atom. The maximum atomic E-state index is 11.7. The molecule has 0 radical (unpaired) electrons. The standard InChI is InChI=1S/C11H14N2O5/c1-6-2-3-7(9(15)12-6)10(16)13-8(4-5-14)11(17)18/h2-3,8,14H,4-5H2,1H3,(H,12,15)(H,13,16)(H,17,18)/t8-/m0/s1. The highest BCUT2D eigenvalue weighted by Crippen LogP contribution is 1.97. The Kier molecular flexibility index (Phi) is 4.61. The summed E-state index contributed by atoms with van der Waals surface area (Å²) in [6.45, 7) is 1.29. The molecule has 98 valence electrons. The van der Waals surface area contributed by atoms with Crippen molar-refractivity contribution in [2.45, 2.75) is 19.4 Å². The lowest BCUT2D eigenvalue weighted by molar-refractivity contribution is -0.139. The quantitative estimate of drug-likeness (QED) is 0.551. The van der Waals surface area contributed by atoms with Gasteiger partial charge in [-0.1, -0.05) is 0 Å². The Labute approximate surface area is 102 Å². The van der Waals surface area contributed by atoms with Crippen molar-refractivity contribution >= 4 is 11.9 Å².